The van der Waals surface area contributed by atoms with E-state index in [1.165, 1.54) is 13.2 Å². The minimum absolute atomic E-state index is 0.0258. The molecule has 0 amide bonds. The molecule has 0 aromatic heterocycles. The molecule has 0 heterocycles. The zero-order chi connectivity index (χ0) is 19.4. The summed E-state index contributed by atoms with van der Waals surface area (Å²) in [6, 6.07) is 13.1. The van der Waals surface area contributed by atoms with E-state index < -0.39 is 5.78 Å². The van der Waals surface area contributed by atoms with Gasteiger partial charge in [-0.1, -0.05) is 17.7 Å². The molecule has 27 heavy (non-hydrogen) atoms. The Morgan fingerprint density at radius 2 is 1.85 bits per heavy atom. The number of allylic oxidation sites excluding steroid dienone is 1. The molecule has 2 aromatic carbocycles. The van der Waals surface area contributed by atoms with Crippen molar-refractivity contribution in [1.82, 2.24) is 0 Å². The Balaban J connectivity index is 1.85. The van der Waals surface area contributed by atoms with Gasteiger partial charge in [0.05, 0.1) is 13.0 Å². The van der Waals surface area contributed by atoms with E-state index in [9.17, 15) is 14.9 Å². The number of nitrogens with zero attached hydrogens (tertiary/aromatic N) is 1. The van der Waals surface area contributed by atoms with E-state index in [1.54, 1.807) is 42.5 Å². The van der Waals surface area contributed by atoms with Gasteiger partial charge in [0, 0.05) is 10.6 Å². The number of benzene rings is 2. The average Bonchev–Trinajstić information content (AvgIpc) is 3.52. The van der Waals surface area contributed by atoms with Crippen LogP contribution in [0.2, 0.25) is 5.02 Å². The maximum Gasteiger partial charge on any atom is 0.314 e. The summed E-state index contributed by atoms with van der Waals surface area (Å²) in [4.78, 5) is 24.3. The number of methoxy groups -OCH3 is 1. The van der Waals surface area contributed by atoms with Crippen LogP contribution in [0.5, 0.6) is 11.5 Å². The van der Waals surface area contributed by atoms with E-state index in [4.69, 9.17) is 21.1 Å². The number of nitriles is 1. The summed E-state index contributed by atoms with van der Waals surface area (Å²) < 4.78 is 10.6. The molecule has 1 saturated carbocycles. The molecule has 0 atom stereocenters. The molecule has 0 unspecified atom stereocenters. The number of hydrogen-bond donors (Lipinski definition) is 0. The molecule has 3 rings (SSSR count). The molecule has 136 valence electrons. The van der Waals surface area contributed by atoms with Crippen LogP contribution in [0.25, 0.3) is 6.08 Å². The molecule has 0 spiro atoms. The molecule has 1 aliphatic carbocycles. The van der Waals surface area contributed by atoms with Gasteiger partial charge in [-0.2, -0.15) is 5.26 Å². The monoisotopic (exact) mass is 381 g/mol. The van der Waals surface area contributed by atoms with Crippen molar-refractivity contribution in [2.75, 3.05) is 7.11 Å². The lowest BCUT2D eigenvalue weighted by molar-refractivity contribution is -0.135. The van der Waals surface area contributed by atoms with E-state index in [0.717, 1.165) is 12.8 Å². The van der Waals surface area contributed by atoms with E-state index in [0.29, 0.717) is 27.6 Å². The topological polar surface area (TPSA) is 76.4 Å². The number of rotatable bonds is 6. The molecule has 5 nitrogen and oxygen atoms in total. The summed E-state index contributed by atoms with van der Waals surface area (Å²) in [7, 11) is 1.46. The Morgan fingerprint density at radius 1 is 1.15 bits per heavy atom. The summed E-state index contributed by atoms with van der Waals surface area (Å²) in [6.45, 7) is 0. The van der Waals surface area contributed by atoms with Crippen LogP contribution in [0.1, 0.15) is 28.8 Å². The molecule has 0 saturated heterocycles. The molecule has 1 fully saturated rings. The van der Waals surface area contributed by atoms with Crippen molar-refractivity contribution in [3.63, 3.8) is 0 Å². The first-order valence-electron chi connectivity index (χ1n) is 8.33. The van der Waals surface area contributed by atoms with E-state index in [1.807, 2.05) is 6.07 Å². The quantitative estimate of drug-likeness (QED) is 0.243. The third-order valence-electron chi connectivity index (χ3n) is 4.09. The fourth-order valence-corrected chi connectivity index (χ4v) is 2.57. The third kappa shape index (κ3) is 4.55. The number of hydrogen-bond acceptors (Lipinski definition) is 5. The first-order chi connectivity index (χ1) is 13.0. The van der Waals surface area contributed by atoms with Crippen LogP contribution in [-0.4, -0.2) is 18.9 Å². The lowest BCUT2D eigenvalue weighted by atomic mass is 10.0. The van der Waals surface area contributed by atoms with Gasteiger partial charge in [0.25, 0.3) is 0 Å². The van der Waals surface area contributed by atoms with Crippen molar-refractivity contribution in [2.24, 2.45) is 5.92 Å². The van der Waals surface area contributed by atoms with Crippen molar-refractivity contribution in [2.45, 2.75) is 12.8 Å². The van der Waals surface area contributed by atoms with Gasteiger partial charge in [0.2, 0.25) is 5.78 Å². The zero-order valence-electron chi connectivity index (χ0n) is 14.6. The zero-order valence-corrected chi connectivity index (χ0v) is 15.3. The predicted octanol–water partition coefficient (Wildman–Crippen LogP) is 4.45. The second kappa shape index (κ2) is 8.07. The summed E-state index contributed by atoms with van der Waals surface area (Å²) >= 11 is 5.83. The fraction of sp³-hybridized carbons (Fsp3) is 0.190. The van der Waals surface area contributed by atoms with Gasteiger partial charge in [-0.05, 0) is 60.9 Å². The van der Waals surface area contributed by atoms with Crippen molar-refractivity contribution < 1.29 is 19.1 Å². The lowest BCUT2D eigenvalue weighted by Gasteiger charge is -2.10. The van der Waals surface area contributed by atoms with E-state index >= 15 is 0 Å². The number of carbonyl (C=O) groups is 2. The lowest BCUT2D eigenvalue weighted by Crippen LogP contribution is -2.10. The summed E-state index contributed by atoms with van der Waals surface area (Å²) in [5.41, 5.74) is 0.924. The molecular weight excluding hydrogens is 366 g/mol. The van der Waals surface area contributed by atoms with Crippen LogP contribution in [0.15, 0.2) is 48.0 Å². The van der Waals surface area contributed by atoms with Crippen molar-refractivity contribution in [3.8, 4) is 17.6 Å². The smallest absolute Gasteiger partial charge is 0.314 e. The standard InChI is InChI=1S/C21H16ClNO4/c1-26-19-11-13(2-9-18(19)27-21(25)15-3-4-15)10-16(12-23)20(24)14-5-7-17(22)8-6-14/h2,5-11,15H,3-4H2,1H3/b16-10+. The molecule has 0 N–H and O–H groups in total. The van der Waals surface area contributed by atoms with Crippen LogP contribution in [0, 0.1) is 17.2 Å². The largest absolute Gasteiger partial charge is 0.493 e. The Kier molecular flexibility index (Phi) is 5.58. The number of Topliss-reactive ketones (excluding diaryl/α,β-unsaturated/α-hetero) is 1. The van der Waals surface area contributed by atoms with Gasteiger partial charge in [-0.25, -0.2) is 0 Å². The second-order valence-corrected chi connectivity index (χ2v) is 6.55. The Hall–Kier alpha value is -3.10. The summed E-state index contributed by atoms with van der Waals surface area (Å²) in [6.07, 6.45) is 3.16. The molecule has 1 aliphatic rings. The highest BCUT2D eigenvalue weighted by atomic mass is 35.5. The van der Waals surface area contributed by atoms with Crippen molar-refractivity contribution >= 4 is 29.4 Å². The van der Waals surface area contributed by atoms with Crippen molar-refractivity contribution in [3.05, 3.63) is 64.2 Å². The minimum atomic E-state index is -0.405. The van der Waals surface area contributed by atoms with Crippen LogP contribution in [0.4, 0.5) is 0 Å². The molecule has 6 heteroatoms. The van der Waals surface area contributed by atoms with Gasteiger partial charge in [0.15, 0.2) is 11.5 Å². The molecule has 0 bridgehead atoms. The number of esters is 1. The molecular formula is C21H16ClNO4. The third-order valence-corrected chi connectivity index (χ3v) is 4.34. The first-order valence-corrected chi connectivity index (χ1v) is 8.71. The van der Waals surface area contributed by atoms with Gasteiger partial charge < -0.3 is 9.47 Å². The second-order valence-electron chi connectivity index (χ2n) is 6.11. The van der Waals surface area contributed by atoms with Gasteiger partial charge >= 0.3 is 5.97 Å². The van der Waals surface area contributed by atoms with Crippen molar-refractivity contribution in [1.29, 1.82) is 5.26 Å². The SMILES string of the molecule is COc1cc(/C=C(\C#N)C(=O)c2ccc(Cl)cc2)ccc1OC(=O)C1CC1. The maximum absolute atomic E-state index is 12.5. The van der Waals surface area contributed by atoms with Gasteiger partial charge in [-0.15, -0.1) is 0 Å². The average molecular weight is 382 g/mol. The molecule has 0 radical (unpaired) electrons. The van der Waals surface area contributed by atoms with Gasteiger partial charge in [0.1, 0.15) is 11.6 Å². The van der Waals surface area contributed by atoms with Crippen LogP contribution in [-0.2, 0) is 4.79 Å². The van der Waals surface area contributed by atoms with E-state index in [2.05, 4.69) is 0 Å². The Morgan fingerprint density at radius 3 is 2.44 bits per heavy atom. The Bertz CT molecular complexity index is 953. The number of carbonyl (C=O) groups excluding carboxylic acids is 2. The molecule has 0 aliphatic heterocycles. The highest BCUT2D eigenvalue weighted by Gasteiger charge is 2.32. The molecule has 2 aromatic rings. The summed E-state index contributed by atoms with van der Waals surface area (Å²) in [5, 5.41) is 9.89. The van der Waals surface area contributed by atoms with Crippen LogP contribution < -0.4 is 9.47 Å². The van der Waals surface area contributed by atoms with Crippen LogP contribution in [0.3, 0.4) is 0 Å². The number of ether oxygens (including phenoxy) is 2. The number of ketones is 1. The minimum Gasteiger partial charge on any atom is -0.493 e. The van der Waals surface area contributed by atoms with Crippen LogP contribution >= 0.6 is 11.6 Å². The summed E-state index contributed by atoms with van der Waals surface area (Å²) in [5.74, 6) is -0.0378. The predicted molar refractivity (Wildman–Crippen MR) is 101 cm³/mol. The first kappa shape index (κ1) is 18.7. The van der Waals surface area contributed by atoms with Gasteiger partial charge in [-0.3, -0.25) is 9.59 Å². The normalized spacial score (nSPS) is 13.6. The highest BCUT2D eigenvalue weighted by Crippen LogP contribution is 2.34. The Labute approximate surface area is 161 Å². The fourth-order valence-electron chi connectivity index (χ4n) is 2.44. The maximum atomic E-state index is 12.5. The number of halogens is 1. The van der Waals surface area contributed by atoms with E-state index in [-0.39, 0.29) is 17.5 Å². The highest BCUT2D eigenvalue weighted by molar-refractivity contribution is 6.30.